The number of ether oxygens (including phenoxy) is 1. The highest BCUT2D eigenvalue weighted by Gasteiger charge is 2.38. The van der Waals surface area contributed by atoms with Crippen molar-refractivity contribution in [1.82, 2.24) is 0 Å². The maximum Gasteiger partial charge on any atom is 0.142 e. The lowest BCUT2D eigenvalue weighted by atomic mass is 9.77. The van der Waals surface area contributed by atoms with Gasteiger partial charge in [-0.3, -0.25) is 0 Å². The molecule has 0 saturated carbocycles. The molecule has 0 aromatic heterocycles. The number of hydrogen-bond acceptors (Lipinski definition) is 2. The maximum absolute atomic E-state index is 5.57. The number of fused-ring (bicyclic) bond motifs is 3. The van der Waals surface area contributed by atoms with E-state index in [2.05, 4.69) is 69.8 Å². The van der Waals surface area contributed by atoms with Crippen molar-refractivity contribution in [2.45, 2.75) is 18.4 Å². The summed E-state index contributed by atoms with van der Waals surface area (Å²) in [5, 5.41) is 3.74. The molecule has 4 rings (SSSR count). The van der Waals surface area contributed by atoms with Crippen LogP contribution < -0.4 is 10.1 Å². The third kappa shape index (κ3) is 2.15. The zero-order chi connectivity index (χ0) is 15.1. The molecule has 1 N–H and O–H groups in total. The molecule has 0 spiro atoms. The number of methoxy groups -OCH3 is 1. The summed E-state index contributed by atoms with van der Waals surface area (Å²) in [6, 6.07) is 15.3. The minimum atomic E-state index is 0.317. The first kappa shape index (κ1) is 13.9. The van der Waals surface area contributed by atoms with Gasteiger partial charge in [0.15, 0.2) is 0 Å². The Kier molecular flexibility index (Phi) is 3.45. The molecule has 1 aliphatic carbocycles. The molecular formula is C19H18BrNO. The van der Waals surface area contributed by atoms with Crippen LogP contribution in [0.1, 0.15) is 29.5 Å². The van der Waals surface area contributed by atoms with Crippen LogP contribution >= 0.6 is 15.9 Å². The summed E-state index contributed by atoms with van der Waals surface area (Å²) < 4.78 is 6.69. The number of halogens is 1. The predicted octanol–water partition coefficient (Wildman–Crippen LogP) is 5.28. The highest BCUT2D eigenvalue weighted by atomic mass is 79.9. The average Bonchev–Trinajstić information content (AvgIpc) is 3.04. The maximum atomic E-state index is 5.57. The van der Waals surface area contributed by atoms with Crippen LogP contribution in [0.5, 0.6) is 5.75 Å². The first-order valence-corrected chi connectivity index (χ1v) is 8.43. The van der Waals surface area contributed by atoms with Crippen molar-refractivity contribution < 1.29 is 4.74 Å². The summed E-state index contributed by atoms with van der Waals surface area (Å²) in [4.78, 5) is 0. The lowest BCUT2D eigenvalue weighted by Crippen LogP contribution is -2.29. The van der Waals surface area contributed by atoms with Crippen molar-refractivity contribution in [2.24, 2.45) is 5.92 Å². The highest BCUT2D eigenvalue weighted by molar-refractivity contribution is 9.10. The van der Waals surface area contributed by atoms with Crippen LogP contribution in [0.15, 0.2) is 59.1 Å². The first-order valence-electron chi connectivity index (χ1n) is 7.63. The fraction of sp³-hybridized carbons (Fsp3) is 0.263. The third-order valence-corrected chi connectivity index (χ3v) is 5.34. The normalized spacial score (nSPS) is 25.3. The van der Waals surface area contributed by atoms with Crippen LogP contribution in [-0.2, 0) is 0 Å². The summed E-state index contributed by atoms with van der Waals surface area (Å²) in [6.07, 6.45) is 5.79. The zero-order valence-electron chi connectivity index (χ0n) is 12.4. The number of para-hydroxylation sites is 1. The largest absolute Gasteiger partial charge is 0.495 e. The molecule has 0 bridgehead atoms. The SMILES string of the molecule is COc1cccc2c1N[C@@H](c1ccc(Br)cc1)[C@H]1CC=C[C@@H]21. The molecule has 0 fully saturated rings. The standard InChI is InChI=1S/C19H18BrNO/c1-22-17-7-3-6-16-14-4-2-5-15(14)18(21-19(16)17)12-8-10-13(20)11-9-12/h2-4,6-11,14-15,18,21H,5H2,1H3/t14-,15+,18+/m1/s1. The summed E-state index contributed by atoms with van der Waals surface area (Å²) in [7, 11) is 1.74. The molecule has 112 valence electrons. The summed E-state index contributed by atoms with van der Waals surface area (Å²) in [5.41, 5.74) is 3.83. The Bertz CT molecular complexity index is 723. The molecule has 3 heteroatoms. The second-order valence-corrected chi connectivity index (χ2v) is 6.87. The van der Waals surface area contributed by atoms with Gasteiger partial charge in [0.05, 0.1) is 18.8 Å². The third-order valence-electron chi connectivity index (χ3n) is 4.81. The van der Waals surface area contributed by atoms with E-state index in [4.69, 9.17) is 4.74 Å². The molecule has 0 saturated heterocycles. The predicted molar refractivity (Wildman–Crippen MR) is 93.5 cm³/mol. The molecule has 0 radical (unpaired) electrons. The van der Waals surface area contributed by atoms with E-state index in [9.17, 15) is 0 Å². The monoisotopic (exact) mass is 355 g/mol. The minimum absolute atomic E-state index is 0.317. The van der Waals surface area contributed by atoms with Crippen LogP contribution in [0.2, 0.25) is 0 Å². The van der Waals surface area contributed by atoms with E-state index >= 15 is 0 Å². The van der Waals surface area contributed by atoms with Gasteiger partial charge >= 0.3 is 0 Å². The summed E-state index contributed by atoms with van der Waals surface area (Å²) in [5.74, 6) is 1.97. The quantitative estimate of drug-likeness (QED) is 0.739. The van der Waals surface area contributed by atoms with Gasteiger partial charge in [-0.15, -0.1) is 0 Å². The van der Waals surface area contributed by atoms with E-state index in [1.165, 1.54) is 11.1 Å². The minimum Gasteiger partial charge on any atom is -0.495 e. The van der Waals surface area contributed by atoms with Gasteiger partial charge in [-0.25, -0.2) is 0 Å². The Morgan fingerprint density at radius 2 is 1.95 bits per heavy atom. The van der Waals surface area contributed by atoms with E-state index < -0.39 is 0 Å². The van der Waals surface area contributed by atoms with Gasteiger partial charge in [-0.2, -0.15) is 0 Å². The Balaban J connectivity index is 1.81. The van der Waals surface area contributed by atoms with Crippen LogP contribution in [0.3, 0.4) is 0 Å². The average molecular weight is 356 g/mol. The Morgan fingerprint density at radius 1 is 1.14 bits per heavy atom. The molecule has 1 aliphatic heterocycles. The second kappa shape index (κ2) is 5.47. The van der Waals surface area contributed by atoms with E-state index in [0.29, 0.717) is 17.9 Å². The van der Waals surface area contributed by atoms with Crippen molar-refractivity contribution in [3.05, 3.63) is 70.2 Å². The number of allylic oxidation sites excluding steroid dienone is 2. The molecule has 3 atom stereocenters. The molecule has 22 heavy (non-hydrogen) atoms. The Labute approximate surface area is 139 Å². The molecule has 2 aromatic carbocycles. The van der Waals surface area contributed by atoms with Gasteiger partial charge in [0, 0.05) is 10.4 Å². The lowest BCUT2D eigenvalue weighted by Gasteiger charge is -2.38. The van der Waals surface area contributed by atoms with Crippen LogP contribution in [-0.4, -0.2) is 7.11 Å². The van der Waals surface area contributed by atoms with E-state index in [0.717, 1.165) is 22.3 Å². The molecule has 1 heterocycles. The van der Waals surface area contributed by atoms with Crippen LogP contribution in [0.4, 0.5) is 5.69 Å². The Hall–Kier alpha value is -1.74. The summed E-state index contributed by atoms with van der Waals surface area (Å²) in [6.45, 7) is 0. The van der Waals surface area contributed by atoms with Crippen molar-refractivity contribution in [3.8, 4) is 5.75 Å². The first-order chi connectivity index (χ1) is 10.8. The highest BCUT2D eigenvalue weighted by Crippen LogP contribution is 2.52. The van der Waals surface area contributed by atoms with Gasteiger partial charge in [0.1, 0.15) is 5.75 Å². The van der Waals surface area contributed by atoms with Crippen molar-refractivity contribution >= 4 is 21.6 Å². The topological polar surface area (TPSA) is 21.3 Å². The summed E-state index contributed by atoms with van der Waals surface area (Å²) >= 11 is 3.52. The van der Waals surface area contributed by atoms with Gasteiger partial charge in [-0.1, -0.05) is 52.3 Å². The van der Waals surface area contributed by atoms with Crippen LogP contribution in [0.25, 0.3) is 0 Å². The van der Waals surface area contributed by atoms with Gasteiger partial charge in [0.2, 0.25) is 0 Å². The molecular weight excluding hydrogens is 338 g/mol. The molecule has 0 amide bonds. The fourth-order valence-electron chi connectivity index (χ4n) is 3.76. The van der Waals surface area contributed by atoms with E-state index in [-0.39, 0.29) is 0 Å². The smallest absolute Gasteiger partial charge is 0.142 e. The van der Waals surface area contributed by atoms with Gasteiger partial charge in [-0.05, 0) is 41.7 Å². The number of rotatable bonds is 2. The van der Waals surface area contributed by atoms with Gasteiger partial charge < -0.3 is 10.1 Å². The molecule has 0 unspecified atom stereocenters. The zero-order valence-corrected chi connectivity index (χ0v) is 14.0. The Morgan fingerprint density at radius 3 is 2.73 bits per heavy atom. The molecule has 2 aliphatic rings. The van der Waals surface area contributed by atoms with E-state index in [1.54, 1.807) is 7.11 Å². The lowest BCUT2D eigenvalue weighted by molar-refractivity contribution is 0.397. The number of benzene rings is 2. The van der Waals surface area contributed by atoms with Crippen LogP contribution in [0, 0.1) is 5.92 Å². The number of anilines is 1. The van der Waals surface area contributed by atoms with Gasteiger partial charge in [0.25, 0.3) is 0 Å². The second-order valence-electron chi connectivity index (χ2n) is 5.95. The number of hydrogen-bond donors (Lipinski definition) is 1. The van der Waals surface area contributed by atoms with Crippen molar-refractivity contribution in [1.29, 1.82) is 0 Å². The number of nitrogens with one attached hydrogen (secondary N) is 1. The molecule has 2 nitrogen and oxygen atoms in total. The fourth-order valence-corrected chi connectivity index (χ4v) is 4.03. The van der Waals surface area contributed by atoms with Crippen molar-refractivity contribution in [3.63, 3.8) is 0 Å². The van der Waals surface area contributed by atoms with E-state index in [1.807, 2.05) is 6.07 Å². The molecule has 2 aromatic rings. The van der Waals surface area contributed by atoms with Crippen molar-refractivity contribution in [2.75, 3.05) is 12.4 Å².